The molecule has 0 aliphatic rings. The monoisotopic (exact) mass is 389 g/mol. The lowest BCUT2D eigenvalue weighted by Crippen LogP contribution is -2.16. The van der Waals surface area contributed by atoms with E-state index in [1.165, 1.54) is 6.20 Å². The van der Waals surface area contributed by atoms with Gasteiger partial charge in [0.05, 0.1) is 19.6 Å². The maximum absolute atomic E-state index is 12.0. The van der Waals surface area contributed by atoms with E-state index in [1.54, 1.807) is 13.0 Å². The molecule has 1 heterocycles. The van der Waals surface area contributed by atoms with Crippen LogP contribution in [-0.2, 0) is 4.74 Å². The van der Waals surface area contributed by atoms with Crippen LogP contribution in [-0.4, -0.2) is 30.3 Å². The highest BCUT2D eigenvalue weighted by Crippen LogP contribution is 2.24. The summed E-state index contributed by atoms with van der Waals surface area (Å²) in [6.45, 7) is 1.19. The molecule has 19 heavy (non-hydrogen) atoms. The van der Waals surface area contributed by atoms with Crippen molar-refractivity contribution in [2.45, 2.75) is 19.5 Å². The Morgan fingerprint density at radius 1 is 1.47 bits per heavy atom. The van der Waals surface area contributed by atoms with Gasteiger partial charge in [0.2, 0.25) is 5.88 Å². The Balaban J connectivity index is 2.83. The number of aromatic nitrogens is 1. The van der Waals surface area contributed by atoms with Gasteiger partial charge in [-0.1, -0.05) is 0 Å². The minimum Gasteiger partial charge on any atom is -0.477 e. The molecular weight excluding hydrogens is 378 g/mol. The molecule has 0 aromatic carbocycles. The Kier molecular flexibility index (Phi) is 5.83. The number of halogens is 4. The maximum Gasteiger partial charge on any atom is 0.392 e. The van der Waals surface area contributed by atoms with Gasteiger partial charge in [-0.05, 0) is 35.6 Å². The van der Waals surface area contributed by atoms with Crippen LogP contribution in [0.2, 0.25) is 0 Å². The summed E-state index contributed by atoms with van der Waals surface area (Å²) < 4.78 is 46.3. The molecule has 8 heteroatoms. The van der Waals surface area contributed by atoms with Crippen molar-refractivity contribution >= 4 is 28.6 Å². The lowest BCUT2D eigenvalue weighted by Gasteiger charge is -2.12. The van der Waals surface area contributed by atoms with Gasteiger partial charge in [0.25, 0.3) is 0 Å². The first-order chi connectivity index (χ1) is 8.85. The first-order valence-corrected chi connectivity index (χ1v) is 6.44. The number of carbonyl (C=O) groups excluding carboxylic acids is 1. The molecule has 0 unspecified atom stereocenters. The van der Waals surface area contributed by atoms with Gasteiger partial charge in [0.15, 0.2) is 0 Å². The standard InChI is InChI=1S/C11H11F3INO3/c1-2-18-10(17)8-7(15)3-5-16-9(8)19-6-4-11(12,13)14/h3,5H,2,4,6H2,1H3. The van der Waals surface area contributed by atoms with E-state index in [4.69, 9.17) is 9.47 Å². The second-order valence-corrected chi connectivity index (χ2v) is 4.57. The summed E-state index contributed by atoms with van der Waals surface area (Å²) in [5, 5.41) is 0. The highest BCUT2D eigenvalue weighted by molar-refractivity contribution is 14.1. The van der Waals surface area contributed by atoms with Crippen LogP contribution in [0.1, 0.15) is 23.7 Å². The zero-order valence-electron chi connectivity index (χ0n) is 9.96. The lowest BCUT2D eigenvalue weighted by atomic mass is 10.3. The molecule has 1 aromatic rings. The summed E-state index contributed by atoms with van der Waals surface area (Å²) in [5.74, 6) is -0.809. The van der Waals surface area contributed by atoms with E-state index >= 15 is 0 Å². The normalized spacial score (nSPS) is 11.2. The van der Waals surface area contributed by atoms with Crippen LogP contribution >= 0.6 is 22.6 Å². The van der Waals surface area contributed by atoms with Gasteiger partial charge in [0, 0.05) is 9.77 Å². The topological polar surface area (TPSA) is 48.4 Å². The summed E-state index contributed by atoms with van der Waals surface area (Å²) in [5.41, 5.74) is 0.0483. The van der Waals surface area contributed by atoms with Gasteiger partial charge < -0.3 is 9.47 Å². The Bertz CT molecular complexity index is 451. The lowest BCUT2D eigenvalue weighted by molar-refractivity contribution is -0.139. The molecule has 0 N–H and O–H groups in total. The quantitative estimate of drug-likeness (QED) is 0.574. The zero-order chi connectivity index (χ0) is 14.5. The first kappa shape index (κ1) is 16.0. The Morgan fingerprint density at radius 2 is 2.16 bits per heavy atom. The third kappa shape index (κ3) is 5.21. The molecule has 0 amide bonds. The molecule has 106 valence electrons. The van der Waals surface area contributed by atoms with Crippen molar-refractivity contribution in [3.63, 3.8) is 0 Å². The first-order valence-electron chi connectivity index (χ1n) is 5.36. The molecule has 0 saturated heterocycles. The van der Waals surface area contributed by atoms with Gasteiger partial charge >= 0.3 is 12.1 Å². The zero-order valence-corrected chi connectivity index (χ0v) is 12.1. The van der Waals surface area contributed by atoms with Crippen LogP contribution in [0.15, 0.2) is 12.3 Å². The number of pyridine rings is 1. The van der Waals surface area contributed by atoms with Crippen LogP contribution in [0.5, 0.6) is 5.88 Å². The molecule has 0 atom stereocenters. The number of rotatable bonds is 5. The third-order valence-electron chi connectivity index (χ3n) is 1.97. The predicted octanol–water partition coefficient (Wildman–Crippen LogP) is 3.19. The highest BCUT2D eigenvalue weighted by Gasteiger charge is 2.27. The molecule has 0 saturated carbocycles. The van der Waals surface area contributed by atoms with Crippen molar-refractivity contribution in [2.75, 3.05) is 13.2 Å². The number of hydrogen-bond donors (Lipinski definition) is 0. The van der Waals surface area contributed by atoms with Gasteiger partial charge in [-0.15, -0.1) is 0 Å². The number of hydrogen-bond acceptors (Lipinski definition) is 4. The minimum absolute atomic E-state index is 0.0483. The van der Waals surface area contributed by atoms with Crippen molar-refractivity contribution in [1.82, 2.24) is 4.98 Å². The van der Waals surface area contributed by atoms with E-state index in [9.17, 15) is 18.0 Å². The van der Waals surface area contributed by atoms with E-state index in [0.717, 1.165) is 0 Å². The van der Waals surface area contributed by atoms with Crippen LogP contribution in [0.4, 0.5) is 13.2 Å². The van der Waals surface area contributed by atoms with Crippen LogP contribution in [0.25, 0.3) is 0 Å². The molecule has 0 fully saturated rings. The molecule has 1 aromatic heterocycles. The molecule has 0 spiro atoms. The van der Waals surface area contributed by atoms with E-state index in [-0.39, 0.29) is 18.1 Å². The molecule has 1 rings (SSSR count). The van der Waals surface area contributed by atoms with Gasteiger partial charge in [0.1, 0.15) is 5.56 Å². The summed E-state index contributed by atoms with van der Waals surface area (Å²) in [7, 11) is 0. The second-order valence-electron chi connectivity index (χ2n) is 3.41. The third-order valence-corrected chi connectivity index (χ3v) is 2.87. The average molecular weight is 389 g/mol. The molecule has 0 aliphatic carbocycles. The fourth-order valence-corrected chi connectivity index (χ4v) is 1.79. The summed E-state index contributed by atoms with van der Waals surface area (Å²) in [6, 6.07) is 1.55. The number of ether oxygens (including phenoxy) is 2. The van der Waals surface area contributed by atoms with E-state index in [1.807, 2.05) is 22.6 Å². The van der Waals surface area contributed by atoms with Crippen LogP contribution in [0.3, 0.4) is 0 Å². The molecule has 4 nitrogen and oxygen atoms in total. The van der Waals surface area contributed by atoms with E-state index in [0.29, 0.717) is 3.57 Å². The average Bonchev–Trinajstić information content (AvgIpc) is 2.27. The van der Waals surface area contributed by atoms with Gasteiger partial charge in [-0.3, -0.25) is 0 Å². The summed E-state index contributed by atoms with van der Waals surface area (Å²) >= 11 is 1.87. The highest BCUT2D eigenvalue weighted by atomic mass is 127. The van der Waals surface area contributed by atoms with Crippen molar-refractivity contribution in [3.05, 3.63) is 21.4 Å². The number of carbonyl (C=O) groups is 1. The van der Waals surface area contributed by atoms with Crippen molar-refractivity contribution in [1.29, 1.82) is 0 Å². The second kappa shape index (κ2) is 6.92. The molecular formula is C11H11F3INO3. The fraction of sp³-hybridized carbons (Fsp3) is 0.455. The van der Waals surface area contributed by atoms with Crippen LogP contribution in [0, 0.1) is 3.57 Å². The van der Waals surface area contributed by atoms with Gasteiger partial charge in [-0.25, -0.2) is 9.78 Å². The maximum atomic E-state index is 12.0. The van der Waals surface area contributed by atoms with Crippen molar-refractivity contribution < 1.29 is 27.4 Å². The smallest absolute Gasteiger partial charge is 0.392 e. The van der Waals surface area contributed by atoms with Crippen LogP contribution < -0.4 is 4.74 Å². The minimum atomic E-state index is -4.31. The SMILES string of the molecule is CCOC(=O)c1c(I)ccnc1OCCC(F)(F)F. The predicted molar refractivity (Wildman–Crippen MR) is 69.1 cm³/mol. The Hall–Kier alpha value is -1.06. The Morgan fingerprint density at radius 3 is 2.74 bits per heavy atom. The van der Waals surface area contributed by atoms with E-state index in [2.05, 4.69) is 4.98 Å². The number of alkyl halides is 3. The van der Waals surface area contributed by atoms with Gasteiger partial charge in [-0.2, -0.15) is 13.2 Å². The largest absolute Gasteiger partial charge is 0.477 e. The summed E-state index contributed by atoms with van der Waals surface area (Å²) in [6.07, 6.45) is -4.07. The van der Waals surface area contributed by atoms with E-state index < -0.39 is 25.2 Å². The molecule has 0 radical (unpaired) electrons. The number of nitrogens with zero attached hydrogens (tertiary/aromatic N) is 1. The fourth-order valence-electron chi connectivity index (χ4n) is 1.18. The summed E-state index contributed by atoms with van der Waals surface area (Å²) in [4.78, 5) is 15.4. The Labute approximate surface area is 121 Å². The van der Waals surface area contributed by atoms with Crippen molar-refractivity contribution in [3.8, 4) is 5.88 Å². The molecule has 0 bridgehead atoms. The number of esters is 1. The van der Waals surface area contributed by atoms with Crippen molar-refractivity contribution in [2.24, 2.45) is 0 Å². The molecule has 0 aliphatic heterocycles.